The van der Waals surface area contributed by atoms with Crippen LogP contribution in [0.5, 0.6) is 0 Å². The number of rotatable bonds is 5. The lowest BCUT2D eigenvalue weighted by Gasteiger charge is -2.12. The van der Waals surface area contributed by atoms with E-state index >= 15 is 0 Å². The van der Waals surface area contributed by atoms with E-state index in [-0.39, 0.29) is 11.0 Å². The molecule has 0 spiro atoms. The molecule has 1 heterocycles. The van der Waals surface area contributed by atoms with Crippen LogP contribution in [-0.2, 0) is 0 Å². The Kier molecular flexibility index (Phi) is 5.04. The minimum absolute atomic E-state index is 0.0741. The highest BCUT2D eigenvalue weighted by atomic mass is 32.2. The molecule has 5 heteroatoms. The molecule has 0 aliphatic carbocycles. The molecule has 1 unspecified atom stereocenters. The van der Waals surface area contributed by atoms with Gasteiger partial charge in [0.25, 0.3) is 5.22 Å². The molecule has 3 aromatic rings. The largest absolute Gasteiger partial charge is 0.411 e. The fraction of sp³-hybridized carbons (Fsp3) is 0.250. The van der Waals surface area contributed by atoms with Crippen LogP contribution in [0.3, 0.4) is 0 Å². The van der Waals surface area contributed by atoms with E-state index < -0.39 is 0 Å². The third-order valence-corrected chi connectivity index (χ3v) is 5.11. The van der Waals surface area contributed by atoms with Crippen LogP contribution < -0.4 is 0 Å². The summed E-state index contributed by atoms with van der Waals surface area (Å²) in [6, 6.07) is 13.6. The summed E-state index contributed by atoms with van der Waals surface area (Å²) in [5, 5.41) is 8.23. The summed E-state index contributed by atoms with van der Waals surface area (Å²) in [5.41, 5.74) is 4.93. The van der Waals surface area contributed by atoms with Gasteiger partial charge in [-0.2, -0.15) is 0 Å². The molecule has 0 fully saturated rings. The molecule has 4 nitrogen and oxygen atoms in total. The molecule has 2 aromatic carbocycles. The first-order valence-corrected chi connectivity index (χ1v) is 9.01. The van der Waals surface area contributed by atoms with Gasteiger partial charge in [0, 0.05) is 11.1 Å². The van der Waals surface area contributed by atoms with E-state index in [1.807, 2.05) is 57.2 Å². The lowest BCUT2D eigenvalue weighted by atomic mass is 9.97. The second-order valence-corrected chi connectivity index (χ2v) is 7.41. The Morgan fingerprint density at radius 1 is 1.00 bits per heavy atom. The summed E-state index contributed by atoms with van der Waals surface area (Å²) in [7, 11) is 0. The topological polar surface area (TPSA) is 56.0 Å². The van der Waals surface area contributed by atoms with Crippen molar-refractivity contribution in [3.05, 3.63) is 64.7 Å². The number of carbonyl (C=O) groups excluding carboxylic acids is 1. The highest BCUT2D eigenvalue weighted by Crippen LogP contribution is 2.28. The van der Waals surface area contributed by atoms with Gasteiger partial charge in [-0.05, 0) is 62.6 Å². The van der Waals surface area contributed by atoms with Gasteiger partial charge in [0.05, 0.1) is 5.25 Å². The maximum Gasteiger partial charge on any atom is 0.277 e. The average molecular weight is 352 g/mol. The van der Waals surface area contributed by atoms with E-state index in [0.717, 1.165) is 22.3 Å². The molecule has 0 saturated heterocycles. The van der Waals surface area contributed by atoms with Crippen LogP contribution >= 0.6 is 11.8 Å². The van der Waals surface area contributed by atoms with Crippen LogP contribution in [0.4, 0.5) is 0 Å². The first kappa shape index (κ1) is 17.4. The average Bonchev–Trinajstić information content (AvgIpc) is 3.07. The van der Waals surface area contributed by atoms with E-state index in [2.05, 4.69) is 23.2 Å². The molecule has 25 heavy (non-hydrogen) atoms. The molecule has 0 aliphatic heterocycles. The van der Waals surface area contributed by atoms with E-state index in [0.29, 0.717) is 11.1 Å². The van der Waals surface area contributed by atoms with Gasteiger partial charge in [0.1, 0.15) is 0 Å². The van der Waals surface area contributed by atoms with Crippen LogP contribution in [-0.4, -0.2) is 21.2 Å². The summed E-state index contributed by atoms with van der Waals surface area (Å²) in [4.78, 5) is 12.8. The predicted molar refractivity (Wildman–Crippen MR) is 100 cm³/mol. The maximum absolute atomic E-state index is 12.8. The van der Waals surface area contributed by atoms with Crippen LogP contribution in [0.15, 0.2) is 52.1 Å². The van der Waals surface area contributed by atoms with E-state index in [1.54, 1.807) is 0 Å². The number of aryl methyl sites for hydroxylation is 3. The summed E-state index contributed by atoms with van der Waals surface area (Å²) >= 11 is 1.29. The molecule has 0 saturated carbocycles. The van der Waals surface area contributed by atoms with Crippen molar-refractivity contribution in [3.8, 4) is 11.5 Å². The second kappa shape index (κ2) is 7.23. The molecule has 128 valence electrons. The fourth-order valence-electron chi connectivity index (χ4n) is 2.60. The van der Waals surface area contributed by atoms with Crippen molar-refractivity contribution in [2.75, 3.05) is 0 Å². The second-order valence-electron chi connectivity index (χ2n) is 6.11. The van der Waals surface area contributed by atoms with Crippen molar-refractivity contribution >= 4 is 17.5 Å². The Morgan fingerprint density at radius 3 is 2.40 bits per heavy atom. The molecule has 0 bridgehead atoms. The molecule has 0 N–H and O–H groups in total. The molecule has 3 rings (SSSR count). The molecule has 1 aromatic heterocycles. The predicted octanol–water partition coefficient (Wildman–Crippen LogP) is 5.03. The lowest BCUT2D eigenvalue weighted by Crippen LogP contribution is -2.15. The van der Waals surface area contributed by atoms with Crippen molar-refractivity contribution in [1.82, 2.24) is 10.2 Å². The van der Waals surface area contributed by atoms with Crippen LogP contribution in [0.25, 0.3) is 11.5 Å². The Morgan fingerprint density at radius 2 is 1.68 bits per heavy atom. The van der Waals surface area contributed by atoms with Gasteiger partial charge in [-0.25, -0.2) is 0 Å². The lowest BCUT2D eigenvalue weighted by molar-refractivity contribution is 0.0993. The van der Waals surface area contributed by atoms with E-state index in [9.17, 15) is 4.79 Å². The number of aromatic nitrogens is 2. The molecular formula is C20H20N2O2S. The van der Waals surface area contributed by atoms with E-state index in [4.69, 9.17) is 4.42 Å². The summed E-state index contributed by atoms with van der Waals surface area (Å²) in [6.07, 6.45) is 0. The summed E-state index contributed by atoms with van der Waals surface area (Å²) in [6.45, 7) is 7.91. The number of hydrogen-bond donors (Lipinski definition) is 0. The third-order valence-electron chi connectivity index (χ3n) is 4.18. The number of thioether (sulfide) groups is 1. The maximum atomic E-state index is 12.8. The molecule has 1 atom stereocenters. The number of benzene rings is 2. The van der Waals surface area contributed by atoms with E-state index in [1.165, 1.54) is 17.3 Å². The standard InChI is InChI=1S/C20H20N2O2S/c1-12-10-14(3)17(11-13(12)2)18(23)15(4)25-20-22-21-19(24-20)16-8-6-5-7-9-16/h5-11,15H,1-4H3. The molecule has 0 radical (unpaired) electrons. The van der Waals surface area contributed by atoms with Gasteiger partial charge in [-0.1, -0.05) is 36.0 Å². The number of nitrogens with zero attached hydrogens (tertiary/aromatic N) is 2. The van der Waals surface area contributed by atoms with Gasteiger partial charge in [0.15, 0.2) is 5.78 Å². The Hall–Kier alpha value is -2.40. The van der Waals surface area contributed by atoms with Crippen molar-refractivity contribution in [2.45, 2.75) is 38.2 Å². The minimum Gasteiger partial charge on any atom is -0.411 e. The molecule has 0 amide bonds. The quantitative estimate of drug-likeness (QED) is 0.476. The first-order chi connectivity index (χ1) is 12.0. The monoisotopic (exact) mass is 352 g/mol. The molecular weight excluding hydrogens is 332 g/mol. The Labute approximate surface area is 151 Å². The van der Waals surface area contributed by atoms with Gasteiger partial charge >= 0.3 is 0 Å². The number of carbonyl (C=O) groups is 1. The van der Waals surface area contributed by atoms with Crippen LogP contribution in [0, 0.1) is 20.8 Å². The van der Waals surface area contributed by atoms with Crippen LogP contribution in [0.2, 0.25) is 0 Å². The van der Waals surface area contributed by atoms with Crippen molar-refractivity contribution in [2.24, 2.45) is 0 Å². The normalized spacial score (nSPS) is 12.2. The van der Waals surface area contributed by atoms with Gasteiger partial charge in [0.2, 0.25) is 5.89 Å². The van der Waals surface area contributed by atoms with Crippen molar-refractivity contribution in [1.29, 1.82) is 0 Å². The SMILES string of the molecule is Cc1cc(C)c(C(=O)C(C)Sc2nnc(-c3ccccc3)o2)cc1C. The van der Waals surface area contributed by atoms with Crippen LogP contribution in [0.1, 0.15) is 34.0 Å². The van der Waals surface area contributed by atoms with Gasteiger partial charge in [-0.15, -0.1) is 10.2 Å². The Balaban J connectivity index is 1.76. The molecule has 0 aliphatic rings. The zero-order valence-electron chi connectivity index (χ0n) is 14.7. The summed E-state index contributed by atoms with van der Waals surface area (Å²) in [5.74, 6) is 0.537. The highest BCUT2D eigenvalue weighted by Gasteiger charge is 2.22. The van der Waals surface area contributed by atoms with Crippen molar-refractivity contribution in [3.63, 3.8) is 0 Å². The highest BCUT2D eigenvalue weighted by molar-refractivity contribution is 8.00. The zero-order valence-corrected chi connectivity index (χ0v) is 15.6. The van der Waals surface area contributed by atoms with Gasteiger partial charge < -0.3 is 4.42 Å². The number of ketones is 1. The van der Waals surface area contributed by atoms with Gasteiger partial charge in [-0.3, -0.25) is 4.79 Å². The minimum atomic E-state index is -0.301. The number of Topliss-reactive ketones (excluding diaryl/α,β-unsaturated/α-hetero) is 1. The first-order valence-electron chi connectivity index (χ1n) is 8.13. The third kappa shape index (κ3) is 3.82. The Bertz CT molecular complexity index is 903. The summed E-state index contributed by atoms with van der Waals surface area (Å²) < 4.78 is 5.69. The van der Waals surface area contributed by atoms with Crippen molar-refractivity contribution < 1.29 is 9.21 Å². The number of hydrogen-bond acceptors (Lipinski definition) is 5. The fourth-order valence-corrected chi connectivity index (χ4v) is 3.36. The smallest absolute Gasteiger partial charge is 0.277 e. The zero-order chi connectivity index (χ0) is 18.0.